The Morgan fingerprint density at radius 1 is 1.05 bits per heavy atom. The number of H-pyrrole nitrogens is 1. The average molecular weight is 516 g/mol. The van der Waals surface area contributed by atoms with Gasteiger partial charge in [-0.1, -0.05) is 0 Å². The van der Waals surface area contributed by atoms with Gasteiger partial charge in [-0.15, -0.1) is 0 Å². The number of aryl methyl sites for hydroxylation is 4. The summed E-state index contributed by atoms with van der Waals surface area (Å²) in [5.41, 5.74) is 7.40. The SMILES string of the molecule is Cc1cc(C)c(CNC(=O)c2cc(-c3cnc(N4CC(F)C4)nc3)cc(-c3c(C)cnn3C)c2C)c(=O)[nH]1. The molecule has 0 aliphatic carbocycles. The van der Waals surface area contributed by atoms with E-state index in [1.807, 2.05) is 52.9 Å². The minimum absolute atomic E-state index is 0.104. The van der Waals surface area contributed by atoms with Gasteiger partial charge in [-0.05, 0) is 68.1 Å². The number of carbonyl (C=O) groups is 1. The maximum atomic E-state index is 13.5. The zero-order valence-electron chi connectivity index (χ0n) is 22.1. The maximum absolute atomic E-state index is 13.5. The van der Waals surface area contributed by atoms with Gasteiger partial charge < -0.3 is 15.2 Å². The highest BCUT2D eigenvalue weighted by Gasteiger charge is 2.28. The fraction of sp³-hybridized carbons (Fsp3) is 0.321. The van der Waals surface area contributed by atoms with E-state index in [2.05, 4.69) is 25.4 Å². The third-order valence-corrected chi connectivity index (χ3v) is 7.04. The number of aromatic nitrogens is 5. The van der Waals surface area contributed by atoms with Crippen LogP contribution in [0.5, 0.6) is 0 Å². The van der Waals surface area contributed by atoms with Crippen LogP contribution in [0.2, 0.25) is 0 Å². The van der Waals surface area contributed by atoms with Crippen LogP contribution in [0.15, 0.2) is 41.6 Å². The number of hydrogen-bond donors (Lipinski definition) is 2. The number of nitrogens with one attached hydrogen (secondary N) is 2. The minimum Gasteiger partial charge on any atom is -0.348 e. The van der Waals surface area contributed by atoms with E-state index in [0.29, 0.717) is 30.2 Å². The lowest BCUT2D eigenvalue weighted by Gasteiger charge is -2.34. The molecule has 38 heavy (non-hydrogen) atoms. The molecule has 0 atom stereocenters. The average Bonchev–Trinajstić information content (AvgIpc) is 3.19. The first-order valence-electron chi connectivity index (χ1n) is 12.4. The Hall–Kier alpha value is -4.34. The van der Waals surface area contributed by atoms with Gasteiger partial charge in [-0.3, -0.25) is 14.3 Å². The van der Waals surface area contributed by atoms with Crippen molar-refractivity contribution >= 4 is 11.9 Å². The van der Waals surface area contributed by atoms with Crippen LogP contribution in [-0.2, 0) is 13.6 Å². The fourth-order valence-corrected chi connectivity index (χ4v) is 4.88. The van der Waals surface area contributed by atoms with Crippen molar-refractivity contribution < 1.29 is 9.18 Å². The Morgan fingerprint density at radius 2 is 1.76 bits per heavy atom. The van der Waals surface area contributed by atoms with Crippen molar-refractivity contribution in [2.45, 2.75) is 40.4 Å². The Kier molecular flexibility index (Phi) is 6.56. The topological polar surface area (TPSA) is 109 Å². The fourth-order valence-electron chi connectivity index (χ4n) is 4.88. The summed E-state index contributed by atoms with van der Waals surface area (Å²) < 4.78 is 15.1. The molecule has 2 N–H and O–H groups in total. The van der Waals surface area contributed by atoms with Crippen LogP contribution in [0.25, 0.3) is 22.4 Å². The second-order valence-electron chi connectivity index (χ2n) is 9.90. The van der Waals surface area contributed by atoms with E-state index < -0.39 is 6.17 Å². The van der Waals surface area contributed by atoms with Gasteiger partial charge in [-0.25, -0.2) is 14.4 Å². The zero-order valence-corrected chi connectivity index (χ0v) is 22.1. The standard InChI is InChI=1S/C28H30FN7O2/c1-15-6-17(3)34-27(38)24(15)12-30-26(37)23-8-19(7-22(18(23)4)25-16(2)9-33-35(25)5)20-10-31-28(32-11-20)36-13-21(29)14-36/h6-11,21H,12-14H2,1-5H3,(H,30,37)(H,34,38). The molecule has 1 saturated heterocycles. The lowest BCUT2D eigenvalue weighted by molar-refractivity contribution is 0.0950. The molecule has 4 heterocycles. The molecule has 0 bridgehead atoms. The molecule has 0 saturated carbocycles. The van der Waals surface area contributed by atoms with E-state index in [1.165, 1.54) is 0 Å². The number of halogens is 1. The summed E-state index contributed by atoms with van der Waals surface area (Å²) in [5.74, 6) is 0.186. The van der Waals surface area contributed by atoms with Crippen LogP contribution in [0, 0.1) is 27.7 Å². The number of alkyl halides is 1. The largest absolute Gasteiger partial charge is 0.348 e. The second-order valence-corrected chi connectivity index (χ2v) is 9.90. The monoisotopic (exact) mass is 515 g/mol. The zero-order chi connectivity index (χ0) is 27.1. The Balaban J connectivity index is 1.53. The molecule has 9 nitrogen and oxygen atoms in total. The summed E-state index contributed by atoms with van der Waals surface area (Å²) in [4.78, 5) is 39.4. The molecule has 1 amide bonds. The molecule has 196 valence electrons. The summed E-state index contributed by atoms with van der Waals surface area (Å²) in [6.07, 6.45) is 4.32. The summed E-state index contributed by atoms with van der Waals surface area (Å²) in [5, 5.41) is 7.31. The third kappa shape index (κ3) is 4.69. The van der Waals surface area contributed by atoms with Gasteiger partial charge in [0.2, 0.25) is 5.95 Å². The molecule has 3 aromatic heterocycles. The molecule has 10 heteroatoms. The van der Waals surface area contributed by atoms with Crippen molar-refractivity contribution in [3.63, 3.8) is 0 Å². The van der Waals surface area contributed by atoms with E-state index >= 15 is 0 Å². The van der Waals surface area contributed by atoms with E-state index in [0.717, 1.165) is 44.8 Å². The van der Waals surface area contributed by atoms with Crippen molar-refractivity contribution in [2.24, 2.45) is 7.05 Å². The number of rotatable bonds is 6. The molecule has 1 aliphatic heterocycles. The summed E-state index contributed by atoms with van der Waals surface area (Å²) in [7, 11) is 1.86. The molecule has 5 rings (SSSR count). The third-order valence-electron chi connectivity index (χ3n) is 7.04. The van der Waals surface area contributed by atoms with Crippen LogP contribution >= 0.6 is 0 Å². The number of nitrogens with zero attached hydrogens (tertiary/aromatic N) is 5. The van der Waals surface area contributed by atoms with Gasteiger partial charge in [-0.2, -0.15) is 5.10 Å². The van der Waals surface area contributed by atoms with Crippen LogP contribution < -0.4 is 15.8 Å². The number of pyridine rings is 1. The second kappa shape index (κ2) is 9.85. The van der Waals surface area contributed by atoms with E-state index in [-0.39, 0.29) is 18.0 Å². The highest BCUT2D eigenvalue weighted by molar-refractivity contribution is 5.99. The Morgan fingerprint density at radius 3 is 2.37 bits per heavy atom. The van der Waals surface area contributed by atoms with Crippen LogP contribution in [0.4, 0.5) is 10.3 Å². The number of benzene rings is 1. The quantitative estimate of drug-likeness (QED) is 0.407. The molecule has 1 aromatic carbocycles. The molecule has 0 spiro atoms. The molecule has 1 aliphatic rings. The smallest absolute Gasteiger partial charge is 0.253 e. The number of anilines is 1. The summed E-state index contributed by atoms with van der Waals surface area (Å²) >= 11 is 0. The molecular weight excluding hydrogens is 485 g/mol. The van der Waals surface area contributed by atoms with E-state index in [9.17, 15) is 14.0 Å². The van der Waals surface area contributed by atoms with Gasteiger partial charge in [0, 0.05) is 53.9 Å². The predicted octanol–water partition coefficient (Wildman–Crippen LogP) is 3.55. The van der Waals surface area contributed by atoms with Gasteiger partial charge in [0.1, 0.15) is 6.17 Å². The first-order chi connectivity index (χ1) is 18.1. The van der Waals surface area contributed by atoms with Crippen molar-refractivity contribution in [1.82, 2.24) is 30.0 Å². The number of hydrogen-bond acceptors (Lipinski definition) is 6. The number of aromatic amines is 1. The Bertz CT molecular complexity index is 1560. The molecule has 4 aromatic rings. The molecule has 0 radical (unpaired) electrons. The summed E-state index contributed by atoms with van der Waals surface area (Å²) in [6.45, 7) is 8.25. The van der Waals surface area contributed by atoms with Crippen LogP contribution in [0.3, 0.4) is 0 Å². The van der Waals surface area contributed by atoms with Gasteiger partial charge in [0.15, 0.2) is 0 Å². The summed E-state index contributed by atoms with van der Waals surface area (Å²) in [6, 6.07) is 5.70. The van der Waals surface area contributed by atoms with Crippen LogP contribution in [-0.4, -0.2) is 49.9 Å². The van der Waals surface area contributed by atoms with Crippen molar-refractivity contribution in [3.8, 4) is 22.4 Å². The molecule has 0 unspecified atom stereocenters. The lowest BCUT2D eigenvalue weighted by atomic mass is 9.92. The highest BCUT2D eigenvalue weighted by Crippen LogP contribution is 2.33. The van der Waals surface area contributed by atoms with Gasteiger partial charge >= 0.3 is 0 Å². The van der Waals surface area contributed by atoms with Crippen molar-refractivity contribution in [1.29, 1.82) is 0 Å². The van der Waals surface area contributed by atoms with Gasteiger partial charge in [0.25, 0.3) is 11.5 Å². The molecule has 1 fully saturated rings. The first-order valence-corrected chi connectivity index (χ1v) is 12.4. The number of carbonyl (C=O) groups excluding carboxylic acids is 1. The first kappa shape index (κ1) is 25.3. The lowest BCUT2D eigenvalue weighted by Crippen LogP contribution is -2.49. The van der Waals surface area contributed by atoms with E-state index in [1.54, 1.807) is 28.2 Å². The normalized spacial score (nSPS) is 13.5. The van der Waals surface area contributed by atoms with Crippen LogP contribution in [0.1, 0.15) is 38.3 Å². The van der Waals surface area contributed by atoms with Gasteiger partial charge in [0.05, 0.1) is 25.0 Å². The van der Waals surface area contributed by atoms with Crippen molar-refractivity contribution in [3.05, 3.63) is 80.7 Å². The minimum atomic E-state index is -0.847. The maximum Gasteiger partial charge on any atom is 0.253 e. The Labute approximate surface area is 219 Å². The highest BCUT2D eigenvalue weighted by atomic mass is 19.1. The predicted molar refractivity (Wildman–Crippen MR) is 144 cm³/mol. The van der Waals surface area contributed by atoms with E-state index in [4.69, 9.17) is 0 Å². The molecular formula is C28H30FN7O2. The van der Waals surface area contributed by atoms with Crippen molar-refractivity contribution in [2.75, 3.05) is 18.0 Å². The number of amides is 1.